The number of rotatable bonds is 8. The fourth-order valence-electron chi connectivity index (χ4n) is 4.02. The average Bonchev–Trinajstić information content (AvgIpc) is 3.51. The molecule has 2 fully saturated rings. The zero-order chi connectivity index (χ0) is 25.3. The van der Waals surface area contributed by atoms with Crippen LogP contribution in [0.3, 0.4) is 0 Å². The van der Waals surface area contributed by atoms with E-state index < -0.39 is 41.1 Å². The Morgan fingerprint density at radius 1 is 1.09 bits per heavy atom. The summed E-state index contributed by atoms with van der Waals surface area (Å²) >= 11 is 0. The summed E-state index contributed by atoms with van der Waals surface area (Å²) in [7, 11) is 1.40. The third kappa shape index (κ3) is 4.72. The van der Waals surface area contributed by atoms with E-state index in [4.69, 9.17) is 4.74 Å². The number of anilines is 2. The van der Waals surface area contributed by atoms with Crippen molar-refractivity contribution in [2.75, 3.05) is 17.7 Å². The van der Waals surface area contributed by atoms with E-state index in [0.29, 0.717) is 29.0 Å². The van der Waals surface area contributed by atoms with Gasteiger partial charge < -0.3 is 20.7 Å². The number of Topliss-reactive ketones (excluding diaryl/α,β-unsaturated/α-hetero) is 1. The van der Waals surface area contributed by atoms with E-state index in [1.807, 2.05) is 0 Å². The fourth-order valence-corrected chi connectivity index (χ4v) is 4.02. The number of hydrogen-bond donors (Lipinski definition) is 3. The molecule has 3 N–H and O–H groups in total. The summed E-state index contributed by atoms with van der Waals surface area (Å²) in [5.74, 6) is -2.08. The topological polar surface area (TPSA) is 134 Å². The number of methoxy groups -OCH3 is 1. The molecule has 5 amide bonds. The summed E-state index contributed by atoms with van der Waals surface area (Å²) < 4.78 is 5.30. The molecule has 0 spiro atoms. The third-order valence-electron chi connectivity index (χ3n) is 6.23. The molecule has 1 aliphatic carbocycles. The van der Waals surface area contributed by atoms with Gasteiger partial charge in [0.2, 0.25) is 5.91 Å². The van der Waals surface area contributed by atoms with Crippen molar-refractivity contribution in [3.63, 3.8) is 0 Å². The highest BCUT2D eigenvalue weighted by Gasteiger charge is 2.55. The zero-order valence-electron chi connectivity index (χ0n) is 19.6. The van der Waals surface area contributed by atoms with Crippen LogP contribution in [0.2, 0.25) is 0 Å². The first-order valence-corrected chi connectivity index (χ1v) is 11.1. The van der Waals surface area contributed by atoms with Crippen molar-refractivity contribution in [3.8, 4) is 5.75 Å². The Bertz CT molecular complexity index is 1210. The fraction of sp³-hybridized carbons (Fsp3) is 0.320. The predicted octanol–water partition coefficient (Wildman–Crippen LogP) is 2.62. The summed E-state index contributed by atoms with van der Waals surface area (Å²) in [6.07, 6.45) is 1.12. The van der Waals surface area contributed by atoms with Crippen LogP contribution in [0.1, 0.15) is 38.3 Å². The Hall–Kier alpha value is -4.21. The average molecular weight is 479 g/mol. The van der Waals surface area contributed by atoms with Gasteiger partial charge in [-0.2, -0.15) is 0 Å². The van der Waals surface area contributed by atoms with Crippen molar-refractivity contribution in [3.05, 3.63) is 54.1 Å². The van der Waals surface area contributed by atoms with Crippen LogP contribution in [-0.4, -0.2) is 47.6 Å². The molecule has 2 aromatic rings. The molecule has 2 atom stereocenters. The minimum Gasteiger partial charge on any atom is -0.495 e. The highest BCUT2D eigenvalue weighted by molar-refractivity contribution is 6.20. The number of nitrogens with one attached hydrogen (secondary N) is 3. The lowest BCUT2D eigenvalue weighted by Crippen LogP contribution is -2.54. The molecule has 4 rings (SSSR count). The number of nitrogens with zero attached hydrogens (tertiary/aromatic N) is 1. The van der Waals surface area contributed by atoms with Crippen molar-refractivity contribution >= 4 is 40.9 Å². The maximum absolute atomic E-state index is 13.5. The summed E-state index contributed by atoms with van der Waals surface area (Å²) in [5, 5.41) is 7.81. The molecule has 0 aromatic heterocycles. The van der Waals surface area contributed by atoms with Crippen LogP contribution in [-0.2, 0) is 19.2 Å². The minimum absolute atomic E-state index is 0.175. The van der Waals surface area contributed by atoms with E-state index in [0.717, 1.165) is 0 Å². The summed E-state index contributed by atoms with van der Waals surface area (Å²) in [4.78, 5) is 65.3. The number of benzene rings is 2. The van der Waals surface area contributed by atoms with Gasteiger partial charge in [0, 0.05) is 18.0 Å². The zero-order valence-corrected chi connectivity index (χ0v) is 19.6. The standard InChI is InChI=1S/C25H26N4O6/c1-14(30)26-16-9-10-18(35-3)17(13-16)27-22(32)20(21(31)25(2)11-12-25)29-23(33)19(28-24(29)34)15-7-5-4-6-8-15/h4-10,13,19-20H,11-12H2,1-3H3,(H,26,30)(H,27,32)(H,28,34). The minimum atomic E-state index is -1.67. The first-order chi connectivity index (χ1) is 16.6. The summed E-state index contributed by atoms with van der Waals surface area (Å²) in [5.41, 5.74) is 0.316. The van der Waals surface area contributed by atoms with Crippen molar-refractivity contribution in [1.82, 2.24) is 10.2 Å². The van der Waals surface area contributed by atoms with Gasteiger partial charge in [-0.15, -0.1) is 0 Å². The second-order valence-corrected chi connectivity index (χ2v) is 8.91. The highest BCUT2D eigenvalue weighted by Crippen LogP contribution is 2.47. The third-order valence-corrected chi connectivity index (χ3v) is 6.23. The lowest BCUT2D eigenvalue weighted by molar-refractivity contribution is -0.142. The molecular formula is C25H26N4O6. The first kappa shape index (κ1) is 23.9. The maximum Gasteiger partial charge on any atom is 0.326 e. The number of ketones is 1. The molecule has 182 valence electrons. The van der Waals surface area contributed by atoms with Crippen molar-refractivity contribution in [1.29, 1.82) is 0 Å². The highest BCUT2D eigenvalue weighted by atomic mass is 16.5. The van der Waals surface area contributed by atoms with Gasteiger partial charge in [-0.1, -0.05) is 37.3 Å². The summed E-state index contributed by atoms with van der Waals surface area (Å²) in [6, 6.07) is 9.71. The van der Waals surface area contributed by atoms with E-state index in [-0.39, 0.29) is 17.3 Å². The van der Waals surface area contributed by atoms with E-state index in [2.05, 4.69) is 16.0 Å². The molecule has 35 heavy (non-hydrogen) atoms. The van der Waals surface area contributed by atoms with Crippen LogP contribution in [0.25, 0.3) is 0 Å². The van der Waals surface area contributed by atoms with E-state index >= 15 is 0 Å². The molecule has 1 saturated carbocycles. The molecule has 1 heterocycles. The smallest absolute Gasteiger partial charge is 0.326 e. The van der Waals surface area contributed by atoms with Crippen LogP contribution in [0.15, 0.2) is 48.5 Å². The number of hydrogen-bond acceptors (Lipinski definition) is 6. The van der Waals surface area contributed by atoms with Gasteiger partial charge in [0.1, 0.15) is 11.8 Å². The Labute approximate surface area is 202 Å². The van der Waals surface area contributed by atoms with Crippen LogP contribution in [0.5, 0.6) is 5.75 Å². The number of urea groups is 1. The molecule has 1 saturated heterocycles. The van der Waals surface area contributed by atoms with Crippen LogP contribution in [0.4, 0.5) is 16.2 Å². The number of carbonyl (C=O) groups is 5. The van der Waals surface area contributed by atoms with Gasteiger partial charge in [-0.05, 0) is 36.6 Å². The molecule has 0 bridgehead atoms. The quantitative estimate of drug-likeness (QED) is 0.395. The van der Waals surface area contributed by atoms with Crippen LogP contribution < -0.4 is 20.7 Å². The largest absolute Gasteiger partial charge is 0.495 e. The van der Waals surface area contributed by atoms with Gasteiger partial charge >= 0.3 is 6.03 Å². The van der Waals surface area contributed by atoms with Crippen molar-refractivity contribution in [2.24, 2.45) is 5.41 Å². The SMILES string of the molecule is COc1ccc(NC(C)=O)cc1NC(=O)C(C(=O)C1(C)CC1)N1C(=O)NC(c2ccccc2)C1=O. The molecule has 0 radical (unpaired) electrons. The van der Waals surface area contributed by atoms with Gasteiger partial charge in [0.15, 0.2) is 11.8 Å². The van der Waals surface area contributed by atoms with Crippen molar-refractivity contribution < 1.29 is 28.7 Å². The molecular weight excluding hydrogens is 452 g/mol. The number of amides is 5. The predicted molar refractivity (Wildman–Crippen MR) is 127 cm³/mol. The second kappa shape index (κ2) is 9.21. The van der Waals surface area contributed by atoms with Gasteiger partial charge in [0.25, 0.3) is 11.8 Å². The number of imide groups is 1. The van der Waals surface area contributed by atoms with E-state index in [1.54, 1.807) is 49.4 Å². The number of carbonyl (C=O) groups excluding carboxylic acids is 5. The Kier molecular flexibility index (Phi) is 6.29. The Morgan fingerprint density at radius 3 is 2.37 bits per heavy atom. The van der Waals surface area contributed by atoms with E-state index in [9.17, 15) is 24.0 Å². The summed E-state index contributed by atoms with van der Waals surface area (Å²) in [6.45, 7) is 3.05. The van der Waals surface area contributed by atoms with Gasteiger partial charge in [0.05, 0.1) is 12.8 Å². The first-order valence-electron chi connectivity index (χ1n) is 11.1. The second-order valence-electron chi connectivity index (χ2n) is 8.91. The number of ether oxygens (including phenoxy) is 1. The Morgan fingerprint density at radius 2 is 1.77 bits per heavy atom. The molecule has 10 nitrogen and oxygen atoms in total. The molecule has 10 heteroatoms. The lowest BCUT2D eigenvalue weighted by atomic mass is 9.95. The monoisotopic (exact) mass is 478 g/mol. The van der Waals surface area contributed by atoms with E-state index in [1.165, 1.54) is 20.1 Å². The molecule has 1 aliphatic heterocycles. The molecule has 2 aromatic carbocycles. The lowest BCUT2D eigenvalue weighted by Gasteiger charge is -2.26. The van der Waals surface area contributed by atoms with Crippen molar-refractivity contribution in [2.45, 2.75) is 38.8 Å². The van der Waals surface area contributed by atoms with Gasteiger partial charge in [-0.25, -0.2) is 9.69 Å². The van der Waals surface area contributed by atoms with Gasteiger partial charge in [-0.3, -0.25) is 19.2 Å². The van der Waals surface area contributed by atoms with Crippen LogP contribution in [0, 0.1) is 5.41 Å². The maximum atomic E-state index is 13.5. The molecule has 2 unspecified atom stereocenters. The van der Waals surface area contributed by atoms with Crippen LogP contribution >= 0.6 is 0 Å². The Balaban J connectivity index is 1.67. The normalized spacial score (nSPS) is 18.9. The molecule has 2 aliphatic rings.